The summed E-state index contributed by atoms with van der Waals surface area (Å²) < 4.78 is 0. The molecule has 0 unspecified atom stereocenters. The van der Waals surface area contributed by atoms with Crippen molar-refractivity contribution in [2.45, 2.75) is 26.7 Å². The SMILES string of the molecule is CC1=C(C)C2=CN(CCc3cccc4ccccc34)CN2N2CN(CCc3cccc4ccccc34)C=C12. The van der Waals surface area contributed by atoms with Gasteiger partial charge in [-0.3, -0.25) is 10.0 Å². The Bertz CT molecular complexity index is 1500. The van der Waals surface area contributed by atoms with Gasteiger partial charge in [0.1, 0.15) is 13.3 Å². The standard InChI is InChI=1S/C34H34N4/c1-25-26(2)34-22-36(20-18-30-14-8-12-28-10-4-6-16-32(28)30)24-38(34)37-23-35(21-33(25)37)19-17-29-13-7-11-27-9-3-5-15-31(27)29/h3-16,21-22H,17-20,23-24H2,1-2H3. The quantitative estimate of drug-likeness (QED) is 0.287. The lowest BCUT2D eigenvalue weighted by molar-refractivity contribution is 0.0136. The summed E-state index contributed by atoms with van der Waals surface area (Å²) in [7, 11) is 0. The number of hydrogen-bond acceptors (Lipinski definition) is 4. The predicted octanol–water partition coefficient (Wildman–Crippen LogP) is 6.88. The van der Waals surface area contributed by atoms with E-state index in [1.807, 2.05) is 0 Å². The highest BCUT2D eigenvalue weighted by Gasteiger charge is 2.37. The zero-order chi connectivity index (χ0) is 25.6. The third-order valence-corrected chi connectivity index (χ3v) is 8.52. The Balaban J connectivity index is 1.05. The van der Waals surface area contributed by atoms with Crippen molar-refractivity contribution in [2.75, 3.05) is 26.4 Å². The fourth-order valence-electron chi connectivity index (χ4n) is 6.25. The van der Waals surface area contributed by atoms with Crippen LogP contribution < -0.4 is 0 Å². The maximum Gasteiger partial charge on any atom is 0.110 e. The molecule has 0 atom stereocenters. The Morgan fingerprint density at radius 2 is 0.947 bits per heavy atom. The van der Waals surface area contributed by atoms with Crippen molar-refractivity contribution in [1.29, 1.82) is 0 Å². The first-order chi connectivity index (χ1) is 18.7. The second-order valence-corrected chi connectivity index (χ2v) is 10.8. The maximum atomic E-state index is 2.48. The number of hydrazine groups is 1. The Morgan fingerprint density at radius 1 is 0.526 bits per heavy atom. The smallest absolute Gasteiger partial charge is 0.110 e. The molecule has 0 saturated carbocycles. The first kappa shape index (κ1) is 23.0. The van der Waals surface area contributed by atoms with Gasteiger partial charge >= 0.3 is 0 Å². The van der Waals surface area contributed by atoms with Crippen molar-refractivity contribution in [3.05, 3.63) is 131 Å². The minimum Gasteiger partial charge on any atom is -0.356 e. The average molecular weight is 499 g/mol. The van der Waals surface area contributed by atoms with E-state index < -0.39 is 0 Å². The summed E-state index contributed by atoms with van der Waals surface area (Å²) in [5.74, 6) is 0. The van der Waals surface area contributed by atoms with Crippen LogP contribution >= 0.6 is 0 Å². The number of rotatable bonds is 6. The molecule has 3 heterocycles. The Morgan fingerprint density at radius 3 is 1.42 bits per heavy atom. The zero-order valence-corrected chi connectivity index (χ0v) is 22.3. The fourth-order valence-corrected chi connectivity index (χ4v) is 6.25. The summed E-state index contributed by atoms with van der Waals surface area (Å²) in [6.07, 6.45) is 6.83. The van der Waals surface area contributed by atoms with E-state index in [0.717, 1.165) is 39.3 Å². The van der Waals surface area contributed by atoms with E-state index >= 15 is 0 Å². The number of nitrogens with zero attached hydrogens (tertiary/aromatic N) is 4. The molecular weight excluding hydrogens is 464 g/mol. The summed E-state index contributed by atoms with van der Waals surface area (Å²) in [6, 6.07) is 30.8. The fraction of sp³-hybridized carbons (Fsp3) is 0.235. The highest BCUT2D eigenvalue weighted by molar-refractivity contribution is 5.86. The molecule has 0 fully saturated rings. The number of benzene rings is 4. The topological polar surface area (TPSA) is 13.0 Å². The number of hydrogen-bond donors (Lipinski definition) is 0. The summed E-state index contributed by atoms with van der Waals surface area (Å²) in [6.45, 7) is 8.38. The first-order valence-corrected chi connectivity index (χ1v) is 13.7. The lowest BCUT2D eigenvalue weighted by Gasteiger charge is -2.40. The predicted molar refractivity (Wildman–Crippen MR) is 157 cm³/mol. The van der Waals surface area contributed by atoms with E-state index in [-0.39, 0.29) is 0 Å². The normalized spacial score (nSPS) is 16.9. The Hall–Kier alpha value is -4.18. The molecule has 3 aliphatic rings. The molecule has 0 radical (unpaired) electrons. The molecule has 190 valence electrons. The molecule has 0 N–H and O–H groups in total. The van der Waals surface area contributed by atoms with Crippen LogP contribution in [-0.2, 0) is 12.8 Å². The average Bonchev–Trinajstić information content (AvgIpc) is 3.58. The van der Waals surface area contributed by atoms with Gasteiger partial charge in [-0.25, -0.2) is 0 Å². The van der Waals surface area contributed by atoms with E-state index in [4.69, 9.17) is 0 Å². The number of fused-ring (bicyclic) bond motifs is 5. The molecule has 0 aromatic heterocycles. The molecule has 0 saturated heterocycles. The number of allylic oxidation sites excluding steroid dienone is 2. The van der Waals surface area contributed by atoms with Crippen molar-refractivity contribution >= 4 is 21.5 Å². The van der Waals surface area contributed by atoms with Gasteiger partial charge in [-0.2, -0.15) is 0 Å². The van der Waals surface area contributed by atoms with Gasteiger partial charge in [-0.05, 0) is 70.5 Å². The van der Waals surface area contributed by atoms with Crippen LogP contribution in [0.3, 0.4) is 0 Å². The van der Waals surface area contributed by atoms with Crippen molar-refractivity contribution in [1.82, 2.24) is 19.8 Å². The van der Waals surface area contributed by atoms with E-state index in [0.29, 0.717) is 0 Å². The molecule has 0 bridgehead atoms. The molecule has 7 rings (SSSR count). The molecule has 0 aliphatic carbocycles. The molecule has 4 aromatic carbocycles. The molecule has 0 amide bonds. The van der Waals surface area contributed by atoms with Crippen molar-refractivity contribution in [3.63, 3.8) is 0 Å². The zero-order valence-electron chi connectivity index (χ0n) is 22.3. The van der Waals surface area contributed by atoms with Gasteiger partial charge in [0.2, 0.25) is 0 Å². The minimum atomic E-state index is 0.902. The van der Waals surface area contributed by atoms with Crippen LogP contribution in [0.25, 0.3) is 21.5 Å². The molecule has 0 spiro atoms. The highest BCUT2D eigenvalue weighted by Crippen LogP contribution is 2.39. The molecule has 3 aliphatic heterocycles. The molecule has 4 heteroatoms. The maximum absolute atomic E-state index is 2.48. The van der Waals surface area contributed by atoms with Crippen LogP contribution in [0.5, 0.6) is 0 Å². The van der Waals surface area contributed by atoms with E-state index in [9.17, 15) is 0 Å². The van der Waals surface area contributed by atoms with Gasteiger partial charge in [-0.15, -0.1) is 0 Å². The van der Waals surface area contributed by atoms with Crippen molar-refractivity contribution < 1.29 is 0 Å². The summed E-state index contributed by atoms with van der Waals surface area (Å²) >= 11 is 0. The Kier molecular flexibility index (Phi) is 5.61. The van der Waals surface area contributed by atoms with Gasteiger partial charge in [0.15, 0.2) is 0 Å². The van der Waals surface area contributed by atoms with E-state index in [2.05, 4.69) is 131 Å². The Labute approximate surface area is 225 Å². The van der Waals surface area contributed by atoms with Gasteiger partial charge in [0.05, 0.1) is 11.4 Å². The monoisotopic (exact) mass is 498 g/mol. The van der Waals surface area contributed by atoms with Crippen molar-refractivity contribution in [2.24, 2.45) is 0 Å². The lowest BCUT2D eigenvalue weighted by Crippen LogP contribution is -2.45. The van der Waals surface area contributed by atoms with Gasteiger partial charge in [-0.1, -0.05) is 84.9 Å². The molecular formula is C34H34N4. The lowest BCUT2D eigenvalue weighted by atomic mass is 10.0. The second kappa shape index (κ2) is 9.29. The van der Waals surface area contributed by atoms with Crippen LogP contribution in [0.1, 0.15) is 25.0 Å². The van der Waals surface area contributed by atoms with Gasteiger partial charge in [0.25, 0.3) is 0 Å². The third kappa shape index (κ3) is 3.92. The van der Waals surface area contributed by atoms with Crippen molar-refractivity contribution in [3.8, 4) is 0 Å². The van der Waals surface area contributed by atoms with E-state index in [1.54, 1.807) is 0 Å². The second-order valence-electron chi connectivity index (χ2n) is 10.8. The van der Waals surface area contributed by atoms with Crippen LogP contribution in [0.15, 0.2) is 120 Å². The van der Waals surface area contributed by atoms with Crippen LogP contribution in [0, 0.1) is 0 Å². The highest BCUT2D eigenvalue weighted by atomic mass is 15.7. The molecule has 4 nitrogen and oxygen atoms in total. The molecule has 4 aromatic rings. The summed E-state index contributed by atoms with van der Waals surface area (Å²) in [5, 5.41) is 10.4. The van der Waals surface area contributed by atoms with Gasteiger partial charge < -0.3 is 9.80 Å². The summed E-state index contributed by atoms with van der Waals surface area (Å²) in [5.41, 5.74) is 8.31. The largest absolute Gasteiger partial charge is 0.356 e. The summed E-state index contributed by atoms with van der Waals surface area (Å²) in [4.78, 5) is 4.96. The van der Waals surface area contributed by atoms with Crippen LogP contribution in [0.2, 0.25) is 0 Å². The van der Waals surface area contributed by atoms with E-state index in [1.165, 1.54) is 55.2 Å². The minimum absolute atomic E-state index is 0.902. The van der Waals surface area contributed by atoms with Crippen LogP contribution in [0.4, 0.5) is 0 Å². The van der Waals surface area contributed by atoms with Gasteiger partial charge in [0, 0.05) is 25.5 Å². The third-order valence-electron chi connectivity index (χ3n) is 8.52. The van der Waals surface area contributed by atoms with Crippen LogP contribution in [-0.4, -0.2) is 46.2 Å². The first-order valence-electron chi connectivity index (χ1n) is 13.7. The molecule has 38 heavy (non-hydrogen) atoms.